The van der Waals surface area contributed by atoms with Crippen molar-refractivity contribution in [3.63, 3.8) is 0 Å². The van der Waals surface area contributed by atoms with Gasteiger partial charge in [0.1, 0.15) is 0 Å². The van der Waals surface area contributed by atoms with Gasteiger partial charge < -0.3 is 10.0 Å². The third-order valence-corrected chi connectivity index (χ3v) is 5.84. The Hall–Kier alpha value is -0.0800. The van der Waals surface area contributed by atoms with Crippen LogP contribution in [0.2, 0.25) is 0 Å². The van der Waals surface area contributed by atoms with E-state index in [-0.39, 0.29) is 5.41 Å². The van der Waals surface area contributed by atoms with Crippen molar-refractivity contribution >= 4 is 0 Å². The molecule has 3 rings (SSSR count). The monoisotopic (exact) mass is 251 g/mol. The van der Waals surface area contributed by atoms with Crippen LogP contribution in [-0.2, 0) is 0 Å². The number of likely N-dealkylation sites (tertiary alicyclic amines) is 1. The molecule has 0 amide bonds. The molecular weight excluding hydrogens is 222 g/mol. The van der Waals surface area contributed by atoms with Crippen LogP contribution in [0.4, 0.5) is 0 Å². The van der Waals surface area contributed by atoms with E-state index >= 15 is 0 Å². The molecule has 0 atom stereocenters. The summed E-state index contributed by atoms with van der Waals surface area (Å²) in [6.45, 7) is 4.24. The van der Waals surface area contributed by atoms with E-state index in [1.54, 1.807) is 0 Å². The van der Waals surface area contributed by atoms with E-state index in [0.29, 0.717) is 12.0 Å². The van der Waals surface area contributed by atoms with Crippen LogP contribution in [0.5, 0.6) is 0 Å². The van der Waals surface area contributed by atoms with Gasteiger partial charge in [0.2, 0.25) is 0 Å². The van der Waals surface area contributed by atoms with Crippen molar-refractivity contribution in [3.8, 4) is 0 Å². The van der Waals surface area contributed by atoms with Crippen LogP contribution in [0.15, 0.2) is 0 Å². The SMILES string of the molecule is OCC1(CN2CC3(CCCCC3)C2)CCCCC1. The highest BCUT2D eigenvalue weighted by molar-refractivity contribution is 4.99. The molecule has 2 nitrogen and oxygen atoms in total. The lowest BCUT2D eigenvalue weighted by molar-refractivity contribution is -0.0684. The van der Waals surface area contributed by atoms with Crippen LogP contribution < -0.4 is 0 Å². The van der Waals surface area contributed by atoms with Crippen molar-refractivity contribution in [1.29, 1.82) is 0 Å². The maximum Gasteiger partial charge on any atom is 0.0499 e. The van der Waals surface area contributed by atoms with Gasteiger partial charge in [-0.15, -0.1) is 0 Å². The number of hydrogen-bond acceptors (Lipinski definition) is 2. The lowest BCUT2D eigenvalue weighted by Crippen LogP contribution is -2.60. The zero-order valence-corrected chi connectivity index (χ0v) is 11.8. The summed E-state index contributed by atoms with van der Waals surface area (Å²) in [4.78, 5) is 2.65. The van der Waals surface area contributed by atoms with Gasteiger partial charge in [-0.05, 0) is 31.1 Å². The van der Waals surface area contributed by atoms with Gasteiger partial charge in [0, 0.05) is 31.7 Å². The molecule has 0 unspecified atom stereocenters. The Balaban J connectivity index is 1.52. The van der Waals surface area contributed by atoms with E-state index in [1.165, 1.54) is 83.8 Å². The predicted octanol–water partition coefficient (Wildman–Crippen LogP) is 3.20. The van der Waals surface area contributed by atoms with E-state index < -0.39 is 0 Å². The molecule has 0 radical (unpaired) electrons. The minimum absolute atomic E-state index is 0.258. The van der Waals surface area contributed by atoms with Crippen molar-refractivity contribution in [2.24, 2.45) is 10.8 Å². The Labute approximate surface area is 112 Å². The summed E-state index contributed by atoms with van der Waals surface area (Å²) in [6.07, 6.45) is 13.9. The van der Waals surface area contributed by atoms with Gasteiger partial charge in [0.15, 0.2) is 0 Å². The average Bonchev–Trinajstić information content (AvgIpc) is 2.39. The molecular formula is C16H29NO. The summed E-state index contributed by atoms with van der Waals surface area (Å²) in [7, 11) is 0. The molecule has 1 aliphatic heterocycles. The van der Waals surface area contributed by atoms with Gasteiger partial charge in [-0.3, -0.25) is 0 Å². The predicted molar refractivity (Wildman–Crippen MR) is 74.6 cm³/mol. The first-order valence-corrected chi connectivity index (χ1v) is 8.09. The van der Waals surface area contributed by atoms with Gasteiger partial charge in [-0.25, -0.2) is 0 Å². The van der Waals surface area contributed by atoms with E-state index in [4.69, 9.17) is 0 Å². The first-order valence-electron chi connectivity index (χ1n) is 8.09. The average molecular weight is 251 g/mol. The number of aliphatic hydroxyl groups is 1. The van der Waals surface area contributed by atoms with Crippen molar-refractivity contribution < 1.29 is 5.11 Å². The van der Waals surface area contributed by atoms with Crippen LogP contribution in [-0.4, -0.2) is 36.2 Å². The molecule has 2 saturated carbocycles. The van der Waals surface area contributed by atoms with E-state index in [9.17, 15) is 5.11 Å². The molecule has 0 bridgehead atoms. The van der Waals surface area contributed by atoms with Gasteiger partial charge >= 0.3 is 0 Å². The highest BCUT2D eigenvalue weighted by Crippen LogP contribution is 2.46. The molecule has 1 saturated heterocycles. The first kappa shape index (κ1) is 12.9. The van der Waals surface area contributed by atoms with Crippen molar-refractivity contribution in [2.75, 3.05) is 26.2 Å². The molecule has 3 aliphatic rings. The van der Waals surface area contributed by atoms with E-state index in [1.807, 2.05) is 0 Å². The van der Waals surface area contributed by atoms with Gasteiger partial charge in [0.25, 0.3) is 0 Å². The molecule has 0 aromatic carbocycles. The van der Waals surface area contributed by atoms with Crippen molar-refractivity contribution in [1.82, 2.24) is 4.90 Å². The third-order valence-electron chi connectivity index (χ3n) is 5.84. The molecule has 3 fully saturated rings. The van der Waals surface area contributed by atoms with Gasteiger partial charge in [-0.1, -0.05) is 38.5 Å². The second-order valence-electron chi connectivity index (χ2n) is 7.42. The lowest BCUT2D eigenvalue weighted by atomic mass is 9.67. The fraction of sp³-hybridized carbons (Fsp3) is 1.00. The number of hydrogen-bond donors (Lipinski definition) is 1. The Kier molecular flexibility index (Phi) is 3.68. The standard InChI is InChI=1S/C16H29NO/c18-14-16(9-5-2-6-10-16)13-17-11-15(12-17)7-3-1-4-8-15/h18H,1-14H2. The Bertz CT molecular complexity index is 269. The Morgan fingerprint density at radius 1 is 0.778 bits per heavy atom. The zero-order chi connectivity index (χ0) is 12.5. The quantitative estimate of drug-likeness (QED) is 0.832. The van der Waals surface area contributed by atoms with Crippen molar-refractivity contribution in [3.05, 3.63) is 0 Å². The molecule has 1 spiro atoms. The van der Waals surface area contributed by atoms with Crippen LogP contribution >= 0.6 is 0 Å². The Morgan fingerprint density at radius 3 is 1.89 bits per heavy atom. The molecule has 1 N–H and O–H groups in total. The minimum atomic E-state index is 0.258. The zero-order valence-electron chi connectivity index (χ0n) is 11.8. The summed E-state index contributed by atoms with van der Waals surface area (Å²) < 4.78 is 0. The van der Waals surface area contributed by atoms with Crippen LogP contribution in [0, 0.1) is 10.8 Å². The second-order valence-corrected chi connectivity index (χ2v) is 7.42. The maximum atomic E-state index is 9.79. The fourth-order valence-electron chi connectivity index (χ4n) is 4.77. The largest absolute Gasteiger partial charge is 0.396 e. The van der Waals surface area contributed by atoms with Gasteiger partial charge in [-0.2, -0.15) is 0 Å². The van der Waals surface area contributed by atoms with Crippen LogP contribution in [0.25, 0.3) is 0 Å². The summed E-state index contributed by atoms with van der Waals surface area (Å²) >= 11 is 0. The molecule has 2 aliphatic carbocycles. The summed E-state index contributed by atoms with van der Waals surface area (Å²) in [5.74, 6) is 0. The van der Waals surface area contributed by atoms with Crippen LogP contribution in [0.1, 0.15) is 64.2 Å². The summed E-state index contributed by atoms with van der Waals surface area (Å²) in [6, 6.07) is 0. The van der Waals surface area contributed by atoms with E-state index in [2.05, 4.69) is 4.90 Å². The highest BCUT2D eigenvalue weighted by atomic mass is 16.3. The summed E-state index contributed by atoms with van der Waals surface area (Å²) in [5, 5.41) is 9.79. The lowest BCUT2D eigenvalue weighted by Gasteiger charge is -2.55. The first-order chi connectivity index (χ1) is 8.76. The van der Waals surface area contributed by atoms with Crippen LogP contribution in [0.3, 0.4) is 0 Å². The molecule has 0 aromatic heterocycles. The fourth-order valence-corrected chi connectivity index (χ4v) is 4.77. The second kappa shape index (κ2) is 5.13. The van der Waals surface area contributed by atoms with Crippen molar-refractivity contribution in [2.45, 2.75) is 64.2 Å². The minimum Gasteiger partial charge on any atom is -0.396 e. The smallest absolute Gasteiger partial charge is 0.0499 e. The number of nitrogens with zero attached hydrogens (tertiary/aromatic N) is 1. The van der Waals surface area contributed by atoms with Gasteiger partial charge in [0.05, 0.1) is 0 Å². The molecule has 1 heterocycles. The Morgan fingerprint density at radius 2 is 1.33 bits per heavy atom. The highest BCUT2D eigenvalue weighted by Gasteiger charge is 2.45. The number of rotatable bonds is 3. The number of aliphatic hydroxyl groups excluding tert-OH is 1. The molecule has 2 heteroatoms. The normalized spacial score (nSPS) is 31.2. The molecule has 18 heavy (non-hydrogen) atoms. The molecule has 104 valence electrons. The summed E-state index contributed by atoms with van der Waals surface area (Å²) in [5.41, 5.74) is 0.956. The molecule has 0 aromatic rings. The maximum absolute atomic E-state index is 9.79. The van der Waals surface area contributed by atoms with E-state index in [0.717, 1.165) is 0 Å². The third kappa shape index (κ3) is 2.46. The topological polar surface area (TPSA) is 23.5 Å².